The van der Waals surface area contributed by atoms with Crippen molar-refractivity contribution >= 4 is 12.0 Å². The minimum atomic E-state index is -1.54. The number of hydrogen-bond donors (Lipinski definition) is 3. The summed E-state index contributed by atoms with van der Waals surface area (Å²) < 4.78 is 0. The van der Waals surface area contributed by atoms with Crippen molar-refractivity contribution in [1.29, 1.82) is 0 Å². The highest BCUT2D eigenvalue weighted by Crippen LogP contribution is 2.16. The summed E-state index contributed by atoms with van der Waals surface area (Å²) >= 11 is 0. The van der Waals surface area contributed by atoms with Crippen LogP contribution in [0, 0.1) is 5.92 Å². The van der Waals surface area contributed by atoms with Gasteiger partial charge in [-0.05, 0) is 25.2 Å². The monoisotopic (exact) mass is 244 g/mol. The number of hydrogen-bond acceptors (Lipinski definition) is 3. The minimum absolute atomic E-state index is 0.250. The van der Waals surface area contributed by atoms with E-state index in [4.69, 9.17) is 10.2 Å². The van der Waals surface area contributed by atoms with E-state index in [2.05, 4.69) is 12.2 Å². The SMILES string of the molecule is CC1CCCN(C(=O)NC[C@H](O)C(=O)O)CC1. The first-order chi connectivity index (χ1) is 8.00. The molecule has 0 saturated carbocycles. The van der Waals surface area contributed by atoms with Crippen LogP contribution in [0.15, 0.2) is 0 Å². The Morgan fingerprint density at radius 3 is 2.76 bits per heavy atom. The van der Waals surface area contributed by atoms with E-state index in [0.29, 0.717) is 19.0 Å². The van der Waals surface area contributed by atoms with Crippen LogP contribution < -0.4 is 5.32 Å². The van der Waals surface area contributed by atoms with E-state index in [1.807, 2.05) is 0 Å². The molecule has 0 bridgehead atoms. The quantitative estimate of drug-likeness (QED) is 0.664. The molecule has 1 unspecified atom stereocenters. The molecule has 98 valence electrons. The smallest absolute Gasteiger partial charge is 0.334 e. The van der Waals surface area contributed by atoms with Crippen molar-refractivity contribution in [2.24, 2.45) is 5.92 Å². The Morgan fingerprint density at radius 2 is 2.12 bits per heavy atom. The Kier molecular flexibility index (Phi) is 5.21. The van der Waals surface area contributed by atoms with Gasteiger partial charge < -0.3 is 20.4 Å². The van der Waals surface area contributed by atoms with Gasteiger partial charge in [0, 0.05) is 13.1 Å². The molecule has 1 fully saturated rings. The van der Waals surface area contributed by atoms with Crippen molar-refractivity contribution in [3.05, 3.63) is 0 Å². The standard InChI is InChI=1S/C11H20N2O4/c1-8-3-2-5-13(6-4-8)11(17)12-7-9(14)10(15)16/h8-9,14H,2-7H2,1H3,(H,12,17)(H,15,16)/t8?,9-/m0/s1. The first-order valence-electron chi connectivity index (χ1n) is 5.94. The number of nitrogens with zero attached hydrogens (tertiary/aromatic N) is 1. The number of carboxylic acid groups (broad SMARTS) is 1. The second-order valence-electron chi connectivity index (χ2n) is 4.56. The third kappa shape index (κ3) is 4.60. The van der Waals surface area contributed by atoms with Crippen molar-refractivity contribution in [3.8, 4) is 0 Å². The number of aliphatic hydroxyl groups is 1. The van der Waals surface area contributed by atoms with E-state index in [1.54, 1.807) is 4.90 Å². The number of aliphatic carboxylic acids is 1. The lowest BCUT2D eigenvalue weighted by atomic mass is 10.0. The molecule has 2 atom stereocenters. The van der Waals surface area contributed by atoms with Gasteiger partial charge in [-0.3, -0.25) is 0 Å². The Balaban J connectivity index is 2.34. The minimum Gasteiger partial charge on any atom is -0.479 e. The number of amides is 2. The zero-order valence-corrected chi connectivity index (χ0v) is 10.1. The predicted molar refractivity (Wildman–Crippen MR) is 61.6 cm³/mol. The number of likely N-dealkylation sites (tertiary alicyclic amines) is 1. The summed E-state index contributed by atoms with van der Waals surface area (Å²) in [5, 5.41) is 19.9. The zero-order valence-electron chi connectivity index (χ0n) is 10.1. The number of carbonyl (C=O) groups excluding carboxylic acids is 1. The van der Waals surface area contributed by atoms with Crippen LogP contribution in [-0.2, 0) is 4.79 Å². The number of urea groups is 1. The third-order valence-corrected chi connectivity index (χ3v) is 3.04. The summed E-state index contributed by atoms with van der Waals surface area (Å²) in [6, 6.07) is -0.292. The van der Waals surface area contributed by atoms with Crippen molar-refractivity contribution in [3.63, 3.8) is 0 Å². The van der Waals surface area contributed by atoms with Crippen LogP contribution >= 0.6 is 0 Å². The maximum atomic E-state index is 11.7. The summed E-state index contributed by atoms with van der Waals surface area (Å²) in [6.45, 7) is 3.30. The molecule has 6 heteroatoms. The first-order valence-corrected chi connectivity index (χ1v) is 5.94. The average molecular weight is 244 g/mol. The molecule has 1 heterocycles. The van der Waals surface area contributed by atoms with Gasteiger partial charge in [0.25, 0.3) is 0 Å². The van der Waals surface area contributed by atoms with Crippen LogP contribution in [0.2, 0.25) is 0 Å². The normalized spacial score (nSPS) is 22.7. The molecule has 0 spiro atoms. The Morgan fingerprint density at radius 1 is 1.41 bits per heavy atom. The van der Waals surface area contributed by atoms with Gasteiger partial charge in [-0.2, -0.15) is 0 Å². The van der Waals surface area contributed by atoms with Crippen molar-refractivity contribution in [2.45, 2.75) is 32.3 Å². The molecule has 6 nitrogen and oxygen atoms in total. The van der Waals surface area contributed by atoms with Gasteiger partial charge in [-0.15, -0.1) is 0 Å². The van der Waals surface area contributed by atoms with E-state index >= 15 is 0 Å². The number of aliphatic hydroxyl groups excluding tert-OH is 1. The molecule has 3 N–H and O–H groups in total. The molecule has 1 aliphatic rings. The summed E-state index contributed by atoms with van der Waals surface area (Å²) in [7, 11) is 0. The molecule has 0 radical (unpaired) electrons. The highest BCUT2D eigenvalue weighted by atomic mass is 16.4. The lowest BCUT2D eigenvalue weighted by Gasteiger charge is -2.21. The lowest BCUT2D eigenvalue weighted by molar-refractivity contribution is -0.146. The molecule has 0 aromatic rings. The number of carboxylic acids is 1. The van der Waals surface area contributed by atoms with Crippen molar-refractivity contribution in [1.82, 2.24) is 10.2 Å². The molecule has 2 amide bonds. The van der Waals surface area contributed by atoms with Crippen molar-refractivity contribution < 1.29 is 19.8 Å². The van der Waals surface area contributed by atoms with Gasteiger partial charge >= 0.3 is 12.0 Å². The average Bonchev–Trinajstić information content (AvgIpc) is 2.50. The fraction of sp³-hybridized carbons (Fsp3) is 0.818. The fourth-order valence-corrected chi connectivity index (χ4v) is 1.85. The van der Waals surface area contributed by atoms with Crippen LogP contribution in [0.25, 0.3) is 0 Å². The second kappa shape index (κ2) is 6.44. The molecule has 1 saturated heterocycles. The summed E-state index contributed by atoms with van der Waals surface area (Å²) in [4.78, 5) is 23.7. The molecule has 0 aromatic heterocycles. The summed E-state index contributed by atoms with van der Waals surface area (Å²) in [6.07, 6.45) is 1.51. The molecule has 17 heavy (non-hydrogen) atoms. The summed E-state index contributed by atoms with van der Waals surface area (Å²) in [5.74, 6) is -0.702. The van der Waals surface area contributed by atoms with E-state index in [1.165, 1.54) is 0 Å². The third-order valence-electron chi connectivity index (χ3n) is 3.04. The molecule has 1 rings (SSSR count). The Labute approximate surface area is 101 Å². The predicted octanol–water partition coefficient (Wildman–Crippen LogP) is 0.263. The van der Waals surface area contributed by atoms with Gasteiger partial charge in [0.15, 0.2) is 6.10 Å². The molecule has 0 aromatic carbocycles. The molecular formula is C11H20N2O4. The van der Waals surface area contributed by atoms with Gasteiger partial charge in [-0.1, -0.05) is 6.92 Å². The lowest BCUT2D eigenvalue weighted by Crippen LogP contribution is -2.44. The second-order valence-corrected chi connectivity index (χ2v) is 4.56. The maximum Gasteiger partial charge on any atom is 0.334 e. The maximum absolute atomic E-state index is 11.7. The van der Waals surface area contributed by atoms with Crippen LogP contribution in [0.3, 0.4) is 0 Å². The molecular weight excluding hydrogens is 224 g/mol. The first kappa shape index (κ1) is 13.8. The fourth-order valence-electron chi connectivity index (χ4n) is 1.85. The van der Waals surface area contributed by atoms with Crippen LogP contribution in [0.4, 0.5) is 4.79 Å². The van der Waals surface area contributed by atoms with Gasteiger partial charge in [0.2, 0.25) is 0 Å². The largest absolute Gasteiger partial charge is 0.479 e. The highest BCUT2D eigenvalue weighted by Gasteiger charge is 2.20. The Hall–Kier alpha value is -1.30. The highest BCUT2D eigenvalue weighted by molar-refractivity contribution is 5.76. The van der Waals surface area contributed by atoms with E-state index in [0.717, 1.165) is 19.3 Å². The van der Waals surface area contributed by atoms with E-state index in [-0.39, 0.29) is 12.6 Å². The van der Waals surface area contributed by atoms with Crippen LogP contribution in [-0.4, -0.2) is 52.9 Å². The number of carbonyl (C=O) groups is 2. The van der Waals surface area contributed by atoms with Gasteiger partial charge in [-0.25, -0.2) is 9.59 Å². The zero-order chi connectivity index (χ0) is 12.8. The molecule has 0 aliphatic carbocycles. The number of nitrogens with one attached hydrogen (secondary N) is 1. The van der Waals surface area contributed by atoms with Crippen LogP contribution in [0.5, 0.6) is 0 Å². The van der Waals surface area contributed by atoms with Crippen LogP contribution in [0.1, 0.15) is 26.2 Å². The molecule has 1 aliphatic heterocycles. The van der Waals surface area contributed by atoms with Gasteiger partial charge in [0.1, 0.15) is 0 Å². The summed E-state index contributed by atoms with van der Waals surface area (Å²) in [5.41, 5.74) is 0. The van der Waals surface area contributed by atoms with E-state index < -0.39 is 12.1 Å². The topological polar surface area (TPSA) is 89.9 Å². The van der Waals surface area contributed by atoms with Gasteiger partial charge in [0.05, 0.1) is 6.54 Å². The van der Waals surface area contributed by atoms with E-state index in [9.17, 15) is 9.59 Å². The number of rotatable bonds is 3. The van der Waals surface area contributed by atoms with Crippen molar-refractivity contribution in [2.75, 3.05) is 19.6 Å². The Bertz CT molecular complexity index is 283.